The maximum absolute atomic E-state index is 11.0. The first-order chi connectivity index (χ1) is 10.6. The Morgan fingerprint density at radius 2 is 2.00 bits per heavy atom. The van der Waals surface area contributed by atoms with Crippen molar-refractivity contribution < 1.29 is 9.90 Å². The lowest BCUT2D eigenvalue weighted by atomic mass is 9.97. The average molecular weight is 337 g/mol. The van der Waals surface area contributed by atoms with Gasteiger partial charge in [-0.25, -0.2) is 4.98 Å². The molecule has 1 aromatic carbocycles. The van der Waals surface area contributed by atoms with Gasteiger partial charge in [0.15, 0.2) is 0 Å². The molecule has 1 aromatic heterocycles. The fourth-order valence-corrected chi connectivity index (χ4v) is 3.75. The molecule has 1 N–H and O–H groups in total. The first-order valence-corrected chi connectivity index (χ1v) is 8.47. The quantitative estimate of drug-likeness (QED) is 0.923. The van der Waals surface area contributed by atoms with Crippen LogP contribution in [-0.2, 0) is 11.3 Å². The monoisotopic (exact) mass is 336 g/mol. The van der Waals surface area contributed by atoms with Crippen LogP contribution in [0.3, 0.4) is 0 Å². The van der Waals surface area contributed by atoms with Crippen LogP contribution in [0.15, 0.2) is 30.5 Å². The minimum atomic E-state index is -0.664. The van der Waals surface area contributed by atoms with E-state index >= 15 is 0 Å². The van der Waals surface area contributed by atoms with Crippen molar-refractivity contribution in [2.45, 2.75) is 19.4 Å². The zero-order valence-electron chi connectivity index (χ0n) is 12.0. The standard InChI is InChI=1S/C16H17ClN2O2S/c17-13-3-1-11(2-4-13)15-18-9-14(22-15)10-19-7-5-12(6-8-19)16(20)21/h1-4,9,12H,5-8,10H2,(H,20,21). The fourth-order valence-electron chi connectivity index (χ4n) is 2.66. The zero-order chi connectivity index (χ0) is 15.5. The van der Waals surface area contributed by atoms with E-state index in [9.17, 15) is 4.79 Å². The number of likely N-dealkylation sites (tertiary alicyclic amines) is 1. The van der Waals surface area contributed by atoms with Crippen LogP contribution in [0.25, 0.3) is 10.6 Å². The summed E-state index contributed by atoms with van der Waals surface area (Å²) in [5.41, 5.74) is 1.07. The molecular formula is C16H17ClN2O2S. The number of aliphatic carboxylic acids is 1. The van der Waals surface area contributed by atoms with E-state index in [1.807, 2.05) is 30.5 Å². The summed E-state index contributed by atoms with van der Waals surface area (Å²) in [6.07, 6.45) is 3.38. The molecule has 1 saturated heterocycles. The topological polar surface area (TPSA) is 53.4 Å². The molecule has 0 aliphatic carbocycles. The molecule has 4 nitrogen and oxygen atoms in total. The molecule has 0 radical (unpaired) electrons. The molecule has 22 heavy (non-hydrogen) atoms. The molecule has 0 unspecified atom stereocenters. The van der Waals surface area contributed by atoms with Crippen molar-refractivity contribution in [3.8, 4) is 10.6 Å². The Morgan fingerprint density at radius 1 is 1.32 bits per heavy atom. The third kappa shape index (κ3) is 3.66. The minimum absolute atomic E-state index is 0.178. The van der Waals surface area contributed by atoms with Crippen LogP contribution >= 0.6 is 22.9 Å². The van der Waals surface area contributed by atoms with Gasteiger partial charge in [0.25, 0.3) is 0 Å². The Hall–Kier alpha value is -1.43. The molecule has 1 fully saturated rings. The van der Waals surface area contributed by atoms with Crippen LogP contribution in [0.5, 0.6) is 0 Å². The lowest BCUT2D eigenvalue weighted by Gasteiger charge is -2.29. The van der Waals surface area contributed by atoms with Gasteiger partial charge in [0.1, 0.15) is 5.01 Å². The molecule has 0 saturated carbocycles. The Bertz CT molecular complexity index is 648. The summed E-state index contributed by atoms with van der Waals surface area (Å²) in [4.78, 5) is 19.0. The van der Waals surface area contributed by atoms with Gasteiger partial charge in [0.05, 0.1) is 5.92 Å². The van der Waals surface area contributed by atoms with E-state index in [1.54, 1.807) is 11.3 Å². The molecule has 1 aliphatic rings. The van der Waals surface area contributed by atoms with Crippen molar-refractivity contribution in [1.29, 1.82) is 0 Å². The van der Waals surface area contributed by atoms with E-state index < -0.39 is 5.97 Å². The maximum Gasteiger partial charge on any atom is 0.306 e. The number of halogens is 1. The molecule has 2 heterocycles. The van der Waals surface area contributed by atoms with Gasteiger partial charge in [0, 0.05) is 28.2 Å². The SMILES string of the molecule is O=C(O)C1CCN(Cc2cnc(-c3ccc(Cl)cc3)s2)CC1. The van der Waals surface area contributed by atoms with Gasteiger partial charge >= 0.3 is 5.97 Å². The summed E-state index contributed by atoms with van der Waals surface area (Å²) in [5, 5.41) is 10.7. The Morgan fingerprint density at radius 3 is 2.64 bits per heavy atom. The smallest absolute Gasteiger partial charge is 0.306 e. The molecule has 6 heteroatoms. The minimum Gasteiger partial charge on any atom is -0.481 e. The van der Waals surface area contributed by atoms with Crippen molar-refractivity contribution in [1.82, 2.24) is 9.88 Å². The molecule has 2 aromatic rings. The van der Waals surface area contributed by atoms with Crippen molar-refractivity contribution in [2.24, 2.45) is 5.92 Å². The Balaban J connectivity index is 1.60. The second kappa shape index (κ2) is 6.77. The third-order valence-electron chi connectivity index (χ3n) is 3.96. The fraction of sp³-hybridized carbons (Fsp3) is 0.375. The van der Waals surface area contributed by atoms with E-state index in [0.717, 1.165) is 48.1 Å². The van der Waals surface area contributed by atoms with E-state index in [2.05, 4.69) is 9.88 Å². The summed E-state index contributed by atoms with van der Waals surface area (Å²) in [7, 11) is 0. The second-order valence-electron chi connectivity index (χ2n) is 5.53. The Labute approximate surface area is 138 Å². The Kier molecular flexibility index (Phi) is 4.76. The number of carbonyl (C=O) groups is 1. The zero-order valence-corrected chi connectivity index (χ0v) is 13.6. The number of aromatic nitrogens is 1. The van der Waals surface area contributed by atoms with E-state index in [0.29, 0.717) is 0 Å². The van der Waals surface area contributed by atoms with Gasteiger partial charge in [-0.2, -0.15) is 0 Å². The number of carboxylic acids is 1. The summed E-state index contributed by atoms with van der Waals surface area (Å²) in [6.45, 7) is 2.52. The predicted molar refractivity (Wildman–Crippen MR) is 88.2 cm³/mol. The number of carboxylic acid groups (broad SMARTS) is 1. The number of benzene rings is 1. The van der Waals surface area contributed by atoms with Crippen LogP contribution in [0, 0.1) is 5.92 Å². The molecular weight excluding hydrogens is 320 g/mol. The normalized spacial score (nSPS) is 16.8. The highest BCUT2D eigenvalue weighted by Crippen LogP contribution is 2.28. The summed E-state index contributed by atoms with van der Waals surface area (Å²) in [5.74, 6) is -0.843. The van der Waals surface area contributed by atoms with Gasteiger partial charge in [0.2, 0.25) is 0 Å². The summed E-state index contributed by atoms with van der Waals surface area (Å²) < 4.78 is 0. The number of hydrogen-bond donors (Lipinski definition) is 1. The van der Waals surface area contributed by atoms with E-state index in [1.165, 1.54) is 4.88 Å². The average Bonchev–Trinajstić information content (AvgIpc) is 2.97. The van der Waals surface area contributed by atoms with Crippen LogP contribution in [-0.4, -0.2) is 34.0 Å². The largest absolute Gasteiger partial charge is 0.481 e. The molecule has 3 rings (SSSR count). The first-order valence-electron chi connectivity index (χ1n) is 7.27. The van der Waals surface area contributed by atoms with Crippen LogP contribution < -0.4 is 0 Å². The molecule has 0 spiro atoms. The van der Waals surface area contributed by atoms with Gasteiger partial charge in [-0.3, -0.25) is 9.69 Å². The van der Waals surface area contributed by atoms with Crippen LogP contribution in [0.4, 0.5) is 0 Å². The van der Waals surface area contributed by atoms with Crippen LogP contribution in [0.1, 0.15) is 17.7 Å². The summed E-state index contributed by atoms with van der Waals surface area (Å²) >= 11 is 7.58. The van der Waals surface area contributed by atoms with E-state index in [-0.39, 0.29) is 5.92 Å². The lowest BCUT2D eigenvalue weighted by molar-refractivity contribution is -0.143. The van der Waals surface area contributed by atoms with E-state index in [4.69, 9.17) is 16.7 Å². The lowest BCUT2D eigenvalue weighted by Crippen LogP contribution is -2.35. The number of piperidine rings is 1. The maximum atomic E-state index is 11.0. The second-order valence-corrected chi connectivity index (χ2v) is 7.08. The van der Waals surface area contributed by atoms with Crippen molar-refractivity contribution in [3.05, 3.63) is 40.4 Å². The number of hydrogen-bond acceptors (Lipinski definition) is 4. The molecule has 0 atom stereocenters. The van der Waals surface area contributed by atoms with Gasteiger partial charge < -0.3 is 5.11 Å². The number of rotatable bonds is 4. The summed E-state index contributed by atoms with van der Waals surface area (Å²) in [6, 6.07) is 7.69. The predicted octanol–water partition coefficient (Wildman–Crippen LogP) is 3.76. The molecule has 0 bridgehead atoms. The molecule has 1 aliphatic heterocycles. The highest BCUT2D eigenvalue weighted by molar-refractivity contribution is 7.15. The van der Waals surface area contributed by atoms with Crippen molar-refractivity contribution in [3.63, 3.8) is 0 Å². The number of nitrogens with zero attached hydrogens (tertiary/aromatic N) is 2. The van der Waals surface area contributed by atoms with Gasteiger partial charge in [-0.15, -0.1) is 11.3 Å². The van der Waals surface area contributed by atoms with Gasteiger partial charge in [-0.05, 0) is 38.1 Å². The number of thiazole rings is 1. The molecule has 116 valence electrons. The first kappa shape index (κ1) is 15.5. The third-order valence-corrected chi connectivity index (χ3v) is 5.24. The van der Waals surface area contributed by atoms with Crippen molar-refractivity contribution in [2.75, 3.05) is 13.1 Å². The van der Waals surface area contributed by atoms with Gasteiger partial charge in [-0.1, -0.05) is 23.7 Å². The highest BCUT2D eigenvalue weighted by Gasteiger charge is 2.24. The highest BCUT2D eigenvalue weighted by atomic mass is 35.5. The van der Waals surface area contributed by atoms with Crippen molar-refractivity contribution >= 4 is 28.9 Å². The molecule has 0 amide bonds. The van der Waals surface area contributed by atoms with Crippen LogP contribution in [0.2, 0.25) is 5.02 Å².